The molecule has 1 rings (SSSR count). The highest BCUT2D eigenvalue weighted by molar-refractivity contribution is 5.75. The maximum absolute atomic E-state index is 10.9. The van der Waals surface area contributed by atoms with E-state index in [1.807, 2.05) is 0 Å². The standard InChI is InChI=1S/C7H12O6/c1-12-7(11)6-5(10)4(9)3(8)2-13-6/h3-6,8-10H,2H2,1H3/t3-,4+,5-,6-/m0/s1. The first-order valence-electron chi connectivity index (χ1n) is 3.81. The number of aliphatic hydroxyl groups excluding tert-OH is 3. The van der Waals surface area contributed by atoms with E-state index >= 15 is 0 Å². The zero-order valence-electron chi connectivity index (χ0n) is 7.08. The Morgan fingerprint density at radius 2 is 2.00 bits per heavy atom. The van der Waals surface area contributed by atoms with Gasteiger partial charge in [0.2, 0.25) is 0 Å². The molecule has 0 aliphatic carbocycles. The van der Waals surface area contributed by atoms with Crippen LogP contribution in [0.4, 0.5) is 0 Å². The van der Waals surface area contributed by atoms with Gasteiger partial charge in [0.15, 0.2) is 6.10 Å². The van der Waals surface area contributed by atoms with Gasteiger partial charge in [0, 0.05) is 0 Å². The van der Waals surface area contributed by atoms with Gasteiger partial charge in [-0.25, -0.2) is 4.79 Å². The molecule has 1 aliphatic rings. The van der Waals surface area contributed by atoms with Crippen molar-refractivity contribution in [2.45, 2.75) is 24.4 Å². The van der Waals surface area contributed by atoms with Crippen LogP contribution in [0, 0.1) is 0 Å². The number of esters is 1. The second-order valence-corrected chi connectivity index (χ2v) is 2.83. The minimum atomic E-state index is -1.45. The maximum Gasteiger partial charge on any atom is 0.337 e. The van der Waals surface area contributed by atoms with Crippen LogP contribution in [-0.4, -0.2) is 59.4 Å². The molecule has 0 spiro atoms. The molecule has 6 heteroatoms. The molecule has 3 N–H and O–H groups in total. The van der Waals surface area contributed by atoms with Crippen LogP contribution in [-0.2, 0) is 14.3 Å². The van der Waals surface area contributed by atoms with E-state index in [9.17, 15) is 15.0 Å². The van der Waals surface area contributed by atoms with Crippen LogP contribution >= 0.6 is 0 Å². The van der Waals surface area contributed by atoms with Gasteiger partial charge in [0.25, 0.3) is 0 Å². The van der Waals surface area contributed by atoms with Gasteiger partial charge in [-0.1, -0.05) is 0 Å². The predicted octanol–water partition coefficient (Wildman–Crippen LogP) is -2.36. The third-order valence-corrected chi connectivity index (χ3v) is 1.93. The summed E-state index contributed by atoms with van der Waals surface area (Å²) in [5.74, 6) is -0.765. The normalized spacial score (nSPS) is 40.0. The number of ether oxygens (including phenoxy) is 2. The monoisotopic (exact) mass is 192 g/mol. The van der Waals surface area contributed by atoms with E-state index in [2.05, 4.69) is 4.74 Å². The summed E-state index contributed by atoms with van der Waals surface area (Å²) in [6.45, 7) is -0.196. The lowest BCUT2D eigenvalue weighted by Gasteiger charge is -2.33. The average molecular weight is 192 g/mol. The summed E-state index contributed by atoms with van der Waals surface area (Å²) in [4.78, 5) is 10.9. The van der Waals surface area contributed by atoms with Crippen molar-refractivity contribution in [1.82, 2.24) is 0 Å². The van der Waals surface area contributed by atoms with Crippen molar-refractivity contribution < 1.29 is 29.6 Å². The second kappa shape index (κ2) is 4.01. The summed E-state index contributed by atoms with van der Waals surface area (Å²) >= 11 is 0. The SMILES string of the molecule is COC(=O)[C@H]1OC[C@H](O)[C@@H](O)[C@@H]1O. The zero-order chi connectivity index (χ0) is 10.0. The van der Waals surface area contributed by atoms with Crippen LogP contribution in [0.25, 0.3) is 0 Å². The minimum absolute atomic E-state index is 0.196. The van der Waals surface area contributed by atoms with E-state index in [4.69, 9.17) is 9.84 Å². The van der Waals surface area contributed by atoms with E-state index in [1.54, 1.807) is 0 Å². The number of hydrogen-bond donors (Lipinski definition) is 3. The summed E-state index contributed by atoms with van der Waals surface area (Å²) < 4.78 is 9.12. The first-order chi connectivity index (χ1) is 6.07. The number of hydrogen-bond acceptors (Lipinski definition) is 6. The fraction of sp³-hybridized carbons (Fsp3) is 0.857. The Morgan fingerprint density at radius 3 is 2.54 bits per heavy atom. The van der Waals surface area contributed by atoms with Gasteiger partial charge in [-0.2, -0.15) is 0 Å². The fourth-order valence-electron chi connectivity index (χ4n) is 1.13. The average Bonchev–Trinajstić information content (AvgIpc) is 2.13. The summed E-state index contributed by atoms with van der Waals surface area (Å²) in [6, 6.07) is 0. The maximum atomic E-state index is 10.9. The van der Waals surface area contributed by atoms with Crippen molar-refractivity contribution >= 4 is 5.97 Å². The molecule has 4 atom stereocenters. The first-order valence-corrected chi connectivity index (χ1v) is 3.81. The Morgan fingerprint density at radius 1 is 1.38 bits per heavy atom. The van der Waals surface area contributed by atoms with Gasteiger partial charge >= 0.3 is 5.97 Å². The molecule has 0 amide bonds. The summed E-state index contributed by atoms with van der Waals surface area (Å²) in [7, 11) is 1.15. The molecule has 0 aromatic heterocycles. The molecule has 0 aromatic carbocycles. The van der Waals surface area contributed by atoms with Gasteiger partial charge in [-0.05, 0) is 0 Å². The van der Waals surface area contributed by atoms with Crippen molar-refractivity contribution in [2.75, 3.05) is 13.7 Å². The smallest absolute Gasteiger partial charge is 0.337 e. The van der Waals surface area contributed by atoms with Crippen LogP contribution in [0.2, 0.25) is 0 Å². The quantitative estimate of drug-likeness (QED) is 0.402. The van der Waals surface area contributed by atoms with Gasteiger partial charge in [0.1, 0.15) is 18.3 Å². The molecule has 1 saturated heterocycles. The number of aliphatic hydroxyl groups is 3. The van der Waals surface area contributed by atoms with E-state index in [0.29, 0.717) is 0 Å². The molecule has 1 fully saturated rings. The Balaban J connectivity index is 2.63. The van der Waals surface area contributed by atoms with Crippen LogP contribution < -0.4 is 0 Å². The van der Waals surface area contributed by atoms with Gasteiger partial charge in [0.05, 0.1) is 13.7 Å². The first kappa shape index (κ1) is 10.4. The Labute approximate surface area is 74.7 Å². The molecule has 0 radical (unpaired) electrons. The molecule has 0 bridgehead atoms. The third kappa shape index (κ3) is 1.97. The van der Waals surface area contributed by atoms with Crippen LogP contribution in [0.1, 0.15) is 0 Å². The minimum Gasteiger partial charge on any atom is -0.467 e. The molecule has 13 heavy (non-hydrogen) atoms. The highest BCUT2D eigenvalue weighted by Crippen LogP contribution is 2.16. The molecule has 6 nitrogen and oxygen atoms in total. The molecule has 1 heterocycles. The van der Waals surface area contributed by atoms with E-state index in [1.165, 1.54) is 0 Å². The molecule has 1 aliphatic heterocycles. The highest BCUT2D eigenvalue weighted by atomic mass is 16.6. The van der Waals surface area contributed by atoms with Gasteiger partial charge < -0.3 is 24.8 Å². The summed E-state index contributed by atoms with van der Waals surface area (Å²) in [6.07, 6.45) is -5.21. The lowest BCUT2D eigenvalue weighted by Crippen LogP contribution is -2.55. The zero-order valence-corrected chi connectivity index (χ0v) is 7.08. The number of methoxy groups -OCH3 is 1. The third-order valence-electron chi connectivity index (χ3n) is 1.93. The largest absolute Gasteiger partial charge is 0.467 e. The van der Waals surface area contributed by atoms with Crippen molar-refractivity contribution in [3.05, 3.63) is 0 Å². The number of carbonyl (C=O) groups is 1. The van der Waals surface area contributed by atoms with Gasteiger partial charge in [-0.3, -0.25) is 0 Å². The summed E-state index contributed by atoms with van der Waals surface area (Å²) in [5, 5.41) is 27.5. The Hall–Kier alpha value is -0.690. The number of carbonyl (C=O) groups excluding carboxylic acids is 1. The predicted molar refractivity (Wildman–Crippen MR) is 39.8 cm³/mol. The Bertz CT molecular complexity index is 193. The lowest BCUT2D eigenvalue weighted by molar-refractivity contribution is -0.203. The summed E-state index contributed by atoms with van der Waals surface area (Å²) in [5.41, 5.74) is 0. The van der Waals surface area contributed by atoms with Crippen molar-refractivity contribution in [3.63, 3.8) is 0 Å². The van der Waals surface area contributed by atoms with Crippen LogP contribution in [0.3, 0.4) is 0 Å². The van der Waals surface area contributed by atoms with E-state index in [0.717, 1.165) is 7.11 Å². The van der Waals surface area contributed by atoms with Crippen LogP contribution in [0.15, 0.2) is 0 Å². The molecule has 0 unspecified atom stereocenters. The Kier molecular flexibility index (Phi) is 3.21. The fourth-order valence-corrected chi connectivity index (χ4v) is 1.13. The molecular formula is C7H12O6. The second-order valence-electron chi connectivity index (χ2n) is 2.83. The van der Waals surface area contributed by atoms with Crippen molar-refractivity contribution in [3.8, 4) is 0 Å². The van der Waals surface area contributed by atoms with E-state index < -0.39 is 30.4 Å². The number of rotatable bonds is 1. The lowest BCUT2D eigenvalue weighted by atomic mass is 10.0. The van der Waals surface area contributed by atoms with Crippen molar-refractivity contribution in [2.24, 2.45) is 0 Å². The highest BCUT2D eigenvalue weighted by Gasteiger charge is 2.41. The molecular weight excluding hydrogens is 180 g/mol. The molecule has 76 valence electrons. The molecule has 0 saturated carbocycles. The van der Waals surface area contributed by atoms with E-state index in [-0.39, 0.29) is 6.61 Å². The van der Waals surface area contributed by atoms with Gasteiger partial charge in [-0.15, -0.1) is 0 Å². The topological polar surface area (TPSA) is 96.2 Å². The molecule has 0 aromatic rings. The van der Waals surface area contributed by atoms with Crippen LogP contribution in [0.5, 0.6) is 0 Å². The van der Waals surface area contributed by atoms with Crippen molar-refractivity contribution in [1.29, 1.82) is 0 Å².